The Morgan fingerprint density at radius 2 is 1.76 bits per heavy atom. The molecule has 0 amide bonds. The van der Waals surface area contributed by atoms with Gasteiger partial charge in [-0.2, -0.15) is 0 Å². The Balaban J connectivity index is 1.69. The summed E-state index contributed by atoms with van der Waals surface area (Å²) < 4.78 is 9.80. The van der Waals surface area contributed by atoms with Gasteiger partial charge >= 0.3 is 5.97 Å². The SMILES string of the molecule is CCOC(=O)C1=C(C)N=c2s/c(=C/c3cc(C)n(-c4cccc(C)c4)c3C)c(=O)n2[C@H]1c1ccc(C)cc1. The maximum Gasteiger partial charge on any atom is 0.338 e. The molecule has 0 unspecified atom stereocenters. The fourth-order valence-electron chi connectivity index (χ4n) is 5.10. The number of hydrogen-bond donors (Lipinski definition) is 0. The van der Waals surface area contributed by atoms with Crippen LogP contribution in [0.3, 0.4) is 0 Å². The van der Waals surface area contributed by atoms with Gasteiger partial charge < -0.3 is 9.30 Å². The Morgan fingerprint density at radius 3 is 2.45 bits per heavy atom. The van der Waals surface area contributed by atoms with Gasteiger partial charge in [-0.3, -0.25) is 9.36 Å². The van der Waals surface area contributed by atoms with Crippen molar-refractivity contribution >= 4 is 23.4 Å². The van der Waals surface area contributed by atoms with Crippen LogP contribution < -0.4 is 14.9 Å². The van der Waals surface area contributed by atoms with E-state index in [4.69, 9.17) is 4.74 Å². The fraction of sp³-hybridized carbons (Fsp3) is 0.258. The summed E-state index contributed by atoms with van der Waals surface area (Å²) in [6, 6.07) is 17.8. The van der Waals surface area contributed by atoms with Gasteiger partial charge in [0, 0.05) is 17.1 Å². The van der Waals surface area contributed by atoms with Gasteiger partial charge in [0.1, 0.15) is 0 Å². The largest absolute Gasteiger partial charge is 0.463 e. The van der Waals surface area contributed by atoms with E-state index >= 15 is 0 Å². The van der Waals surface area contributed by atoms with Crippen molar-refractivity contribution in [2.75, 3.05) is 6.61 Å². The molecule has 2 aromatic carbocycles. The Morgan fingerprint density at radius 1 is 1.03 bits per heavy atom. The third kappa shape index (κ3) is 4.47. The molecule has 0 saturated heterocycles. The predicted molar refractivity (Wildman–Crippen MR) is 152 cm³/mol. The zero-order valence-corrected chi connectivity index (χ0v) is 23.3. The average Bonchev–Trinajstić information content (AvgIpc) is 3.33. The summed E-state index contributed by atoms with van der Waals surface area (Å²) in [4.78, 5) is 32.2. The Hall–Kier alpha value is -3.97. The topological polar surface area (TPSA) is 65.6 Å². The van der Waals surface area contributed by atoms with E-state index in [9.17, 15) is 9.59 Å². The van der Waals surface area contributed by atoms with Crippen LogP contribution in [-0.2, 0) is 9.53 Å². The van der Waals surface area contributed by atoms with Crippen molar-refractivity contribution in [1.29, 1.82) is 0 Å². The second-order valence-electron chi connectivity index (χ2n) is 9.71. The van der Waals surface area contributed by atoms with Crippen molar-refractivity contribution in [2.24, 2.45) is 4.99 Å². The maximum absolute atomic E-state index is 13.9. The molecule has 4 aromatic rings. The minimum atomic E-state index is -0.604. The molecule has 0 N–H and O–H groups in total. The molecule has 0 aliphatic carbocycles. The smallest absolute Gasteiger partial charge is 0.338 e. The van der Waals surface area contributed by atoms with Crippen LogP contribution in [0.2, 0.25) is 0 Å². The lowest BCUT2D eigenvalue weighted by Crippen LogP contribution is -2.39. The lowest BCUT2D eigenvalue weighted by molar-refractivity contribution is -0.139. The van der Waals surface area contributed by atoms with E-state index in [-0.39, 0.29) is 12.2 Å². The molecule has 6 nitrogen and oxygen atoms in total. The number of carbonyl (C=O) groups excluding carboxylic acids is 1. The minimum Gasteiger partial charge on any atom is -0.463 e. The lowest BCUT2D eigenvalue weighted by atomic mass is 9.95. The molecule has 5 rings (SSSR count). The standard InChI is InChI=1S/C31H31N3O3S/c1-7-37-30(36)27-21(5)32-31-34(28(27)23-13-11-18(2)12-14-23)29(35)26(38-31)17-24-16-20(4)33(22(24)6)25-10-8-9-19(3)15-25/h8-17,28H,7H2,1-6H3/b26-17+/t28-/m0/s1. The van der Waals surface area contributed by atoms with E-state index in [0.717, 1.165) is 33.8 Å². The van der Waals surface area contributed by atoms with E-state index in [2.05, 4.69) is 60.7 Å². The summed E-state index contributed by atoms with van der Waals surface area (Å²) in [6.07, 6.45) is 1.94. The van der Waals surface area contributed by atoms with Gasteiger partial charge in [-0.05, 0) is 82.5 Å². The molecule has 1 aliphatic heterocycles. The van der Waals surface area contributed by atoms with Gasteiger partial charge in [-0.25, -0.2) is 9.79 Å². The number of esters is 1. The van der Waals surface area contributed by atoms with Gasteiger partial charge in [-0.1, -0.05) is 53.3 Å². The van der Waals surface area contributed by atoms with Crippen molar-refractivity contribution in [1.82, 2.24) is 9.13 Å². The van der Waals surface area contributed by atoms with Gasteiger partial charge in [0.05, 0.1) is 28.5 Å². The van der Waals surface area contributed by atoms with Crippen LogP contribution in [0.1, 0.15) is 53.5 Å². The zero-order valence-electron chi connectivity index (χ0n) is 22.5. The maximum atomic E-state index is 13.9. The van der Waals surface area contributed by atoms with E-state index in [0.29, 0.717) is 20.6 Å². The van der Waals surface area contributed by atoms with Crippen LogP contribution in [0.25, 0.3) is 11.8 Å². The Bertz CT molecular complexity index is 1770. The first kappa shape index (κ1) is 25.7. The van der Waals surface area contributed by atoms with Gasteiger partial charge in [0.25, 0.3) is 5.56 Å². The number of ether oxygens (including phenoxy) is 1. The number of allylic oxidation sites excluding steroid dienone is 1. The second-order valence-corrected chi connectivity index (χ2v) is 10.7. The highest BCUT2D eigenvalue weighted by Crippen LogP contribution is 2.31. The van der Waals surface area contributed by atoms with Crippen LogP contribution in [-0.4, -0.2) is 21.7 Å². The van der Waals surface area contributed by atoms with E-state index in [1.165, 1.54) is 16.9 Å². The summed E-state index contributed by atoms with van der Waals surface area (Å²) >= 11 is 1.34. The Labute approximate surface area is 225 Å². The first-order valence-electron chi connectivity index (χ1n) is 12.7. The number of benzene rings is 2. The summed E-state index contributed by atoms with van der Waals surface area (Å²) in [5.74, 6) is -0.449. The number of hydrogen-bond acceptors (Lipinski definition) is 5. The summed E-state index contributed by atoms with van der Waals surface area (Å²) in [6.45, 7) is 12.1. The highest BCUT2D eigenvalue weighted by Gasteiger charge is 2.33. The summed E-state index contributed by atoms with van der Waals surface area (Å²) in [7, 11) is 0. The molecule has 0 fully saturated rings. The first-order valence-corrected chi connectivity index (χ1v) is 13.5. The molecule has 7 heteroatoms. The van der Waals surface area contributed by atoms with Crippen molar-refractivity contribution in [3.05, 3.63) is 119 Å². The number of thiazole rings is 1. The van der Waals surface area contributed by atoms with Gasteiger partial charge in [-0.15, -0.1) is 0 Å². The number of aryl methyl sites for hydroxylation is 3. The Kier molecular flexibility index (Phi) is 6.80. The molecular weight excluding hydrogens is 494 g/mol. The van der Waals surface area contributed by atoms with E-state index in [1.54, 1.807) is 18.4 Å². The normalized spacial score (nSPS) is 15.4. The van der Waals surface area contributed by atoms with Crippen molar-refractivity contribution in [2.45, 2.75) is 47.6 Å². The molecule has 2 aromatic heterocycles. The number of rotatable bonds is 5. The number of nitrogens with zero attached hydrogens (tertiary/aromatic N) is 3. The molecule has 1 aliphatic rings. The highest BCUT2D eigenvalue weighted by molar-refractivity contribution is 7.07. The second kappa shape index (κ2) is 10.1. The van der Waals surface area contributed by atoms with Crippen LogP contribution in [0.4, 0.5) is 0 Å². The number of carbonyl (C=O) groups is 1. The molecule has 0 radical (unpaired) electrons. The van der Waals surface area contributed by atoms with E-state index < -0.39 is 12.0 Å². The minimum absolute atomic E-state index is 0.172. The molecule has 0 spiro atoms. The van der Waals surface area contributed by atoms with Crippen LogP contribution in [0.15, 0.2) is 75.7 Å². The zero-order chi connectivity index (χ0) is 27.1. The van der Waals surface area contributed by atoms with Crippen LogP contribution in [0, 0.1) is 27.7 Å². The first-order chi connectivity index (χ1) is 18.2. The molecule has 0 saturated carbocycles. The van der Waals surface area contributed by atoms with Crippen molar-refractivity contribution in [3.63, 3.8) is 0 Å². The summed E-state index contributed by atoms with van der Waals surface area (Å²) in [5.41, 5.74) is 8.14. The third-order valence-corrected chi connectivity index (χ3v) is 7.91. The fourth-order valence-corrected chi connectivity index (χ4v) is 6.13. The molecular formula is C31H31N3O3S. The molecule has 194 valence electrons. The number of fused-ring (bicyclic) bond motifs is 1. The highest BCUT2D eigenvalue weighted by atomic mass is 32.1. The van der Waals surface area contributed by atoms with Crippen molar-refractivity contribution in [3.8, 4) is 5.69 Å². The van der Waals surface area contributed by atoms with Crippen LogP contribution in [0.5, 0.6) is 0 Å². The van der Waals surface area contributed by atoms with Gasteiger partial charge in [0.2, 0.25) is 0 Å². The lowest BCUT2D eigenvalue weighted by Gasteiger charge is -2.24. The van der Waals surface area contributed by atoms with E-state index in [1.807, 2.05) is 37.3 Å². The quantitative estimate of drug-likeness (QED) is 0.351. The predicted octanol–water partition coefficient (Wildman–Crippen LogP) is 4.82. The molecule has 0 bridgehead atoms. The average molecular weight is 526 g/mol. The molecule has 3 heterocycles. The monoisotopic (exact) mass is 525 g/mol. The summed E-state index contributed by atoms with van der Waals surface area (Å²) in [5, 5.41) is 0. The van der Waals surface area contributed by atoms with Gasteiger partial charge in [0.15, 0.2) is 4.80 Å². The molecule has 38 heavy (non-hydrogen) atoms. The van der Waals surface area contributed by atoms with Crippen molar-refractivity contribution < 1.29 is 9.53 Å². The third-order valence-electron chi connectivity index (χ3n) is 6.93. The number of aromatic nitrogens is 2. The van der Waals surface area contributed by atoms with Crippen LogP contribution >= 0.6 is 11.3 Å². The molecule has 1 atom stereocenters.